The molecule has 2 heterocycles. The molecule has 2 amide bonds. The average molecular weight is 360 g/mol. The average Bonchev–Trinajstić information content (AvgIpc) is 3.02. The number of carbonyl (C=O) groups is 2. The van der Waals surface area contributed by atoms with Crippen LogP contribution in [0.1, 0.15) is 17.4 Å². The molecule has 8 heteroatoms. The van der Waals surface area contributed by atoms with Crippen LogP contribution in [0, 0.1) is 5.82 Å². The molecule has 2 aromatic rings. The zero-order chi connectivity index (χ0) is 18.8. The number of ether oxygens (including phenoxy) is 1. The van der Waals surface area contributed by atoms with E-state index in [1.54, 1.807) is 29.0 Å². The first-order valence-electron chi connectivity index (χ1n) is 8.33. The predicted octanol–water partition coefficient (Wildman–Crippen LogP) is 1.54. The molecule has 0 aliphatic carbocycles. The van der Waals surface area contributed by atoms with Gasteiger partial charge in [-0.2, -0.15) is 5.10 Å². The van der Waals surface area contributed by atoms with Crippen LogP contribution in [-0.2, 0) is 11.8 Å². The maximum absolute atomic E-state index is 13.7. The SMILES string of the molecule is COc1ccc(F)cc1-c1cc(C(=O)N2CCN(C(C)=O)CC2)nn1C. The Kier molecular flexibility index (Phi) is 4.92. The molecule has 0 atom stereocenters. The molecule has 7 nitrogen and oxygen atoms in total. The molecule has 1 aromatic carbocycles. The summed E-state index contributed by atoms with van der Waals surface area (Å²) in [6.07, 6.45) is 0. The van der Waals surface area contributed by atoms with Crippen molar-refractivity contribution >= 4 is 11.8 Å². The van der Waals surface area contributed by atoms with E-state index in [4.69, 9.17) is 4.74 Å². The lowest BCUT2D eigenvalue weighted by molar-refractivity contribution is -0.130. The maximum atomic E-state index is 13.7. The van der Waals surface area contributed by atoms with Gasteiger partial charge in [0.2, 0.25) is 5.91 Å². The van der Waals surface area contributed by atoms with Crippen LogP contribution in [0.4, 0.5) is 4.39 Å². The monoisotopic (exact) mass is 360 g/mol. The molecule has 0 bridgehead atoms. The van der Waals surface area contributed by atoms with Gasteiger partial charge in [-0.25, -0.2) is 4.39 Å². The van der Waals surface area contributed by atoms with Crippen molar-refractivity contribution < 1.29 is 18.7 Å². The lowest BCUT2D eigenvalue weighted by atomic mass is 10.1. The standard InChI is InChI=1S/C18H21FN4O3/c1-12(24)22-6-8-23(9-7-22)18(25)15-11-16(21(2)20-15)14-10-13(19)4-5-17(14)26-3/h4-5,10-11H,6-9H2,1-3H3. The highest BCUT2D eigenvalue weighted by Crippen LogP contribution is 2.31. The van der Waals surface area contributed by atoms with Crippen molar-refractivity contribution in [3.8, 4) is 17.0 Å². The van der Waals surface area contributed by atoms with Crippen LogP contribution >= 0.6 is 0 Å². The molecule has 26 heavy (non-hydrogen) atoms. The fourth-order valence-corrected chi connectivity index (χ4v) is 3.09. The van der Waals surface area contributed by atoms with Gasteiger partial charge in [0.1, 0.15) is 11.6 Å². The van der Waals surface area contributed by atoms with Crippen molar-refractivity contribution in [1.82, 2.24) is 19.6 Å². The second-order valence-corrected chi connectivity index (χ2v) is 6.18. The van der Waals surface area contributed by atoms with Crippen LogP contribution in [0.15, 0.2) is 24.3 Å². The predicted molar refractivity (Wildman–Crippen MR) is 93.3 cm³/mol. The van der Waals surface area contributed by atoms with E-state index in [0.29, 0.717) is 43.2 Å². The molecule has 3 rings (SSSR count). The van der Waals surface area contributed by atoms with Gasteiger partial charge >= 0.3 is 0 Å². The number of benzene rings is 1. The first-order valence-corrected chi connectivity index (χ1v) is 8.33. The lowest BCUT2D eigenvalue weighted by Crippen LogP contribution is -2.50. The number of nitrogens with zero attached hydrogens (tertiary/aromatic N) is 4. The minimum atomic E-state index is -0.393. The van der Waals surface area contributed by atoms with E-state index in [9.17, 15) is 14.0 Å². The van der Waals surface area contributed by atoms with E-state index in [1.165, 1.54) is 30.8 Å². The minimum Gasteiger partial charge on any atom is -0.496 e. The highest BCUT2D eigenvalue weighted by Gasteiger charge is 2.26. The Morgan fingerprint density at radius 2 is 1.77 bits per heavy atom. The van der Waals surface area contributed by atoms with Gasteiger partial charge in [0.15, 0.2) is 5.69 Å². The number of halogens is 1. The topological polar surface area (TPSA) is 67.7 Å². The van der Waals surface area contributed by atoms with Gasteiger partial charge in [-0.1, -0.05) is 0 Å². The van der Waals surface area contributed by atoms with Gasteiger partial charge < -0.3 is 14.5 Å². The number of aryl methyl sites for hydroxylation is 1. The van der Waals surface area contributed by atoms with Crippen molar-refractivity contribution in [2.75, 3.05) is 33.3 Å². The Morgan fingerprint density at radius 1 is 1.12 bits per heavy atom. The molecule has 0 radical (unpaired) electrons. The first-order chi connectivity index (χ1) is 12.4. The number of aromatic nitrogens is 2. The minimum absolute atomic E-state index is 0.00965. The summed E-state index contributed by atoms with van der Waals surface area (Å²) < 4.78 is 20.5. The molecule has 1 fully saturated rings. The molecule has 138 valence electrons. The molecular weight excluding hydrogens is 339 g/mol. The first kappa shape index (κ1) is 17.9. The number of amides is 2. The molecule has 0 spiro atoms. The molecule has 1 aliphatic heterocycles. The van der Waals surface area contributed by atoms with Gasteiger partial charge in [0.05, 0.1) is 12.8 Å². The van der Waals surface area contributed by atoms with Crippen LogP contribution in [-0.4, -0.2) is 64.7 Å². The van der Waals surface area contributed by atoms with Crippen molar-refractivity contribution in [1.29, 1.82) is 0 Å². The van der Waals surface area contributed by atoms with Crippen molar-refractivity contribution in [2.45, 2.75) is 6.92 Å². The smallest absolute Gasteiger partial charge is 0.274 e. The molecule has 0 unspecified atom stereocenters. The van der Waals surface area contributed by atoms with Crippen molar-refractivity contribution in [3.05, 3.63) is 35.8 Å². The Bertz CT molecular complexity index is 841. The quantitative estimate of drug-likeness (QED) is 0.833. The highest BCUT2D eigenvalue weighted by atomic mass is 19.1. The van der Waals surface area contributed by atoms with Gasteiger partial charge in [-0.3, -0.25) is 14.3 Å². The second kappa shape index (κ2) is 7.15. The van der Waals surface area contributed by atoms with E-state index < -0.39 is 5.82 Å². The lowest BCUT2D eigenvalue weighted by Gasteiger charge is -2.33. The summed E-state index contributed by atoms with van der Waals surface area (Å²) in [6, 6.07) is 5.85. The molecule has 0 saturated carbocycles. The molecule has 1 aromatic heterocycles. The van der Waals surface area contributed by atoms with E-state index in [2.05, 4.69) is 5.10 Å². The number of carbonyl (C=O) groups excluding carboxylic acids is 2. The zero-order valence-corrected chi connectivity index (χ0v) is 15.0. The van der Waals surface area contributed by atoms with Gasteiger partial charge in [-0.15, -0.1) is 0 Å². The third-order valence-electron chi connectivity index (χ3n) is 4.55. The van der Waals surface area contributed by atoms with Crippen LogP contribution in [0.5, 0.6) is 5.75 Å². The van der Waals surface area contributed by atoms with Crippen molar-refractivity contribution in [3.63, 3.8) is 0 Å². The van der Waals surface area contributed by atoms with Crippen molar-refractivity contribution in [2.24, 2.45) is 7.05 Å². The summed E-state index contributed by atoms with van der Waals surface area (Å²) in [5.41, 5.74) is 1.40. The van der Waals surface area contributed by atoms with E-state index in [-0.39, 0.29) is 17.5 Å². The largest absolute Gasteiger partial charge is 0.496 e. The summed E-state index contributed by atoms with van der Waals surface area (Å²) in [5, 5.41) is 4.29. The number of rotatable bonds is 3. The Morgan fingerprint density at radius 3 is 2.38 bits per heavy atom. The van der Waals surface area contributed by atoms with Crippen LogP contribution in [0.25, 0.3) is 11.3 Å². The van der Waals surface area contributed by atoms with Gasteiger partial charge in [0, 0.05) is 45.7 Å². The van der Waals surface area contributed by atoms with Crippen LogP contribution in [0.2, 0.25) is 0 Å². The Labute approximate surface area is 150 Å². The fourth-order valence-electron chi connectivity index (χ4n) is 3.09. The summed E-state index contributed by atoms with van der Waals surface area (Å²) >= 11 is 0. The molecule has 1 saturated heterocycles. The van der Waals surface area contributed by atoms with E-state index in [0.717, 1.165) is 0 Å². The Hall–Kier alpha value is -2.90. The van der Waals surface area contributed by atoms with Gasteiger partial charge in [-0.05, 0) is 24.3 Å². The third-order valence-corrected chi connectivity index (χ3v) is 4.55. The summed E-state index contributed by atoms with van der Waals surface area (Å²) in [7, 11) is 3.21. The van der Waals surface area contributed by atoms with Crippen LogP contribution in [0.3, 0.4) is 0 Å². The maximum Gasteiger partial charge on any atom is 0.274 e. The number of hydrogen-bond donors (Lipinski definition) is 0. The number of piperazine rings is 1. The van der Waals surface area contributed by atoms with Crippen LogP contribution < -0.4 is 4.74 Å². The summed E-state index contributed by atoms with van der Waals surface area (Å²) in [4.78, 5) is 27.5. The molecular formula is C18H21FN4O3. The number of hydrogen-bond acceptors (Lipinski definition) is 4. The van der Waals surface area contributed by atoms with E-state index >= 15 is 0 Å². The summed E-state index contributed by atoms with van der Waals surface area (Å²) in [5.74, 6) is -0.0838. The Balaban J connectivity index is 1.84. The number of methoxy groups -OCH3 is 1. The highest BCUT2D eigenvalue weighted by molar-refractivity contribution is 5.94. The molecule has 0 N–H and O–H groups in total. The normalized spacial score (nSPS) is 14.5. The second-order valence-electron chi connectivity index (χ2n) is 6.18. The summed E-state index contributed by atoms with van der Waals surface area (Å²) in [6.45, 7) is 3.48. The van der Waals surface area contributed by atoms with Gasteiger partial charge in [0.25, 0.3) is 5.91 Å². The zero-order valence-electron chi connectivity index (χ0n) is 15.0. The third kappa shape index (κ3) is 3.40. The molecule has 1 aliphatic rings. The van der Waals surface area contributed by atoms with E-state index in [1.807, 2.05) is 0 Å². The fraction of sp³-hybridized carbons (Fsp3) is 0.389.